The lowest BCUT2D eigenvalue weighted by atomic mass is 10.1. The summed E-state index contributed by atoms with van der Waals surface area (Å²) in [6, 6.07) is 15.1. The number of hydrogen-bond donors (Lipinski definition) is 1. The van der Waals surface area contributed by atoms with Crippen molar-refractivity contribution in [2.45, 2.75) is 37.0 Å². The Labute approximate surface area is 184 Å². The van der Waals surface area contributed by atoms with E-state index in [0.717, 1.165) is 44.3 Å². The second kappa shape index (κ2) is 8.17. The summed E-state index contributed by atoms with van der Waals surface area (Å²) in [6.07, 6.45) is 4.94. The summed E-state index contributed by atoms with van der Waals surface area (Å²) in [7, 11) is 2.19. The molecule has 0 spiro atoms. The van der Waals surface area contributed by atoms with Crippen molar-refractivity contribution in [3.8, 4) is 0 Å². The minimum absolute atomic E-state index is 0.683. The van der Waals surface area contributed by atoms with Crippen molar-refractivity contribution in [2.24, 2.45) is 4.99 Å². The van der Waals surface area contributed by atoms with Crippen LogP contribution in [0, 0.1) is 0 Å². The second-order valence-corrected chi connectivity index (χ2v) is 10.3. The molecule has 0 amide bonds. The monoisotopic (exact) mass is 442 g/mol. The number of benzene rings is 2. The van der Waals surface area contributed by atoms with Crippen LogP contribution in [0.4, 0.5) is 10.8 Å². The Bertz CT molecular complexity index is 1050. The molecule has 1 N–H and O–H groups in total. The maximum absolute atomic E-state index is 6.06. The van der Waals surface area contributed by atoms with Gasteiger partial charge in [0.15, 0.2) is 10.3 Å². The lowest BCUT2D eigenvalue weighted by Crippen LogP contribution is -2.30. The number of anilines is 1. The maximum Gasteiger partial charge on any atom is 0.183 e. The SMILES string of the molecule is CN1/C(=N/c2ccc(CCNc3nc4ccc(Cl)cc4s3)cc2)SC2CCC[C@H]21. The predicted octanol–water partition coefficient (Wildman–Crippen LogP) is 6.19. The fraction of sp³-hybridized carbons (Fsp3) is 0.364. The molecule has 3 aromatic rings. The summed E-state index contributed by atoms with van der Waals surface area (Å²) in [6.45, 7) is 0.851. The quantitative estimate of drug-likeness (QED) is 0.511. The topological polar surface area (TPSA) is 40.5 Å². The third kappa shape index (κ3) is 4.11. The Morgan fingerprint density at radius 2 is 2.07 bits per heavy atom. The normalized spacial score (nSPS) is 22.6. The first-order chi connectivity index (χ1) is 14.2. The van der Waals surface area contributed by atoms with Gasteiger partial charge < -0.3 is 10.2 Å². The van der Waals surface area contributed by atoms with E-state index >= 15 is 0 Å². The van der Waals surface area contributed by atoms with E-state index in [4.69, 9.17) is 16.6 Å². The van der Waals surface area contributed by atoms with E-state index < -0.39 is 0 Å². The Morgan fingerprint density at radius 3 is 2.90 bits per heavy atom. The number of halogens is 1. The number of fused-ring (bicyclic) bond motifs is 2. The van der Waals surface area contributed by atoms with E-state index in [1.54, 1.807) is 11.3 Å². The van der Waals surface area contributed by atoms with Crippen molar-refractivity contribution >= 4 is 60.9 Å². The van der Waals surface area contributed by atoms with E-state index in [-0.39, 0.29) is 0 Å². The molecule has 2 heterocycles. The Balaban J connectivity index is 1.18. The highest BCUT2D eigenvalue weighted by atomic mass is 35.5. The molecule has 150 valence electrons. The highest BCUT2D eigenvalue weighted by molar-refractivity contribution is 8.14. The molecule has 2 aromatic carbocycles. The number of hydrogen-bond acceptors (Lipinski definition) is 5. The van der Waals surface area contributed by atoms with Gasteiger partial charge in [0.1, 0.15) is 0 Å². The minimum atomic E-state index is 0.683. The number of aromatic nitrogens is 1. The molecule has 1 aliphatic carbocycles. The molecule has 29 heavy (non-hydrogen) atoms. The van der Waals surface area contributed by atoms with Gasteiger partial charge >= 0.3 is 0 Å². The number of aliphatic imine (C=N–C) groups is 1. The zero-order valence-electron chi connectivity index (χ0n) is 16.3. The van der Waals surface area contributed by atoms with Crippen molar-refractivity contribution in [1.82, 2.24) is 9.88 Å². The first-order valence-electron chi connectivity index (χ1n) is 10.0. The molecular weight excluding hydrogens is 420 g/mol. The molecule has 2 atom stereocenters. The largest absolute Gasteiger partial charge is 0.361 e. The number of nitrogens with one attached hydrogen (secondary N) is 1. The maximum atomic E-state index is 6.06. The zero-order valence-corrected chi connectivity index (χ0v) is 18.7. The molecule has 4 nitrogen and oxygen atoms in total. The van der Waals surface area contributed by atoms with Crippen LogP contribution in [0.3, 0.4) is 0 Å². The van der Waals surface area contributed by atoms with Gasteiger partial charge in [-0.2, -0.15) is 0 Å². The molecule has 1 unspecified atom stereocenters. The van der Waals surface area contributed by atoms with Gasteiger partial charge in [0.25, 0.3) is 0 Å². The van der Waals surface area contributed by atoms with Crippen LogP contribution in [0.25, 0.3) is 10.2 Å². The van der Waals surface area contributed by atoms with Crippen LogP contribution >= 0.6 is 34.7 Å². The Morgan fingerprint density at radius 1 is 1.21 bits per heavy atom. The lowest BCUT2D eigenvalue weighted by Gasteiger charge is -2.19. The summed E-state index contributed by atoms with van der Waals surface area (Å²) >= 11 is 9.65. The van der Waals surface area contributed by atoms with Crippen LogP contribution in [0.1, 0.15) is 24.8 Å². The third-order valence-corrected chi connectivity index (χ3v) is 8.33. The van der Waals surface area contributed by atoms with Crippen LogP contribution in [0.15, 0.2) is 47.5 Å². The summed E-state index contributed by atoms with van der Waals surface area (Å²) in [5.74, 6) is 0. The first-order valence-corrected chi connectivity index (χ1v) is 12.1. The minimum Gasteiger partial charge on any atom is -0.361 e. The van der Waals surface area contributed by atoms with E-state index in [9.17, 15) is 0 Å². The second-order valence-electron chi connectivity index (χ2n) is 7.63. The number of amidine groups is 1. The van der Waals surface area contributed by atoms with Crippen molar-refractivity contribution in [3.63, 3.8) is 0 Å². The fourth-order valence-corrected chi connectivity index (χ4v) is 6.75. The first kappa shape index (κ1) is 19.2. The third-order valence-electron chi connectivity index (χ3n) is 5.68. The fourth-order valence-electron chi connectivity index (χ4n) is 4.09. The van der Waals surface area contributed by atoms with Crippen molar-refractivity contribution in [1.29, 1.82) is 0 Å². The van der Waals surface area contributed by atoms with Gasteiger partial charge in [-0.25, -0.2) is 9.98 Å². The highest BCUT2D eigenvalue weighted by Crippen LogP contribution is 2.41. The van der Waals surface area contributed by atoms with Crippen molar-refractivity contribution < 1.29 is 0 Å². The van der Waals surface area contributed by atoms with E-state index in [1.165, 1.54) is 30.0 Å². The standard InChI is InChI=1S/C22H23ClN4S2/c1-27-18-3-2-4-19(18)29-22(27)25-16-8-5-14(6-9-16)11-12-24-21-26-17-10-7-15(23)13-20(17)28-21/h5-10,13,18-19H,2-4,11-12H2,1H3,(H,24,26)/b25-22-/t18-,19?/m1/s1. The lowest BCUT2D eigenvalue weighted by molar-refractivity contribution is 0.397. The summed E-state index contributed by atoms with van der Waals surface area (Å²) in [5.41, 5.74) is 3.33. The molecule has 1 aliphatic heterocycles. The van der Waals surface area contributed by atoms with Gasteiger partial charge in [0.05, 0.1) is 15.9 Å². The average molecular weight is 443 g/mol. The van der Waals surface area contributed by atoms with Crippen LogP contribution in [0.2, 0.25) is 5.02 Å². The van der Waals surface area contributed by atoms with Gasteiger partial charge in [0, 0.05) is 29.9 Å². The summed E-state index contributed by atoms with van der Waals surface area (Å²) < 4.78 is 1.11. The average Bonchev–Trinajstić information content (AvgIpc) is 3.40. The molecule has 0 bridgehead atoms. The van der Waals surface area contributed by atoms with E-state index in [0.29, 0.717) is 6.04 Å². The number of thioether (sulfide) groups is 1. The van der Waals surface area contributed by atoms with Gasteiger partial charge in [-0.05, 0) is 55.2 Å². The van der Waals surface area contributed by atoms with Crippen LogP contribution in [-0.4, -0.2) is 39.9 Å². The zero-order chi connectivity index (χ0) is 19.8. The molecule has 2 aliphatic rings. The summed E-state index contributed by atoms with van der Waals surface area (Å²) in [4.78, 5) is 11.9. The molecule has 1 saturated carbocycles. The van der Waals surface area contributed by atoms with E-state index in [1.807, 2.05) is 30.0 Å². The molecule has 2 fully saturated rings. The van der Waals surface area contributed by atoms with Crippen LogP contribution in [-0.2, 0) is 6.42 Å². The molecule has 1 aromatic heterocycles. The predicted molar refractivity (Wildman–Crippen MR) is 127 cm³/mol. The smallest absolute Gasteiger partial charge is 0.183 e. The summed E-state index contributed by atoms with van der Waals surface area (Å²) in [5, 5.41) is 7.03. The van der Waals surface area contributed by atoms with Gasteiger partial charge in [-0.1, -0.05) is 53.3 Å². The molecule has 5 rings (SSSR count). The number of rotatable bonds is 5. The highest BCUT2D eigenvalue weighted by Gasteiger charge is 2.39. The van der Waals surface area contributed by atoms with Crippen LogP contribution in [0.5, 0.6) is 0 Å². The van der Waals surface area contributed by atoms with Gasteiger partial charge in [-0.3, -0.25) is 0 Å². The molecule has 0 radical (unpaired) electrons. The van der Waals surface area contributed by atoms with Gasteiger partial charge in [0.2, 0.25) is 0 Å². The van der Waals surface area contributed by atoms with Crippen LogP contribution < -0.4 is 5.32 Å². The van der Waals surface area contributed by atoms with Gasteiger partial charge in [-0.15, -0.1) is 0 Å². The van der Waals surface area contributed by atoms with Crippen molar-refractivity contribution in [2.75, 3.05) is 18.9 Å². The van der Waals surface area contributed by atoms with Crippen molar-refractivity contribution in [3.05, 3.63) is 53.1 Å². The number of nitrogens with zero attached hydrogens (tertiary/aromatic N) is 3. The Hall–Kier alpha value is -1.76. The number of thiazole rings is 1. The Kier molecular flexibility index (Phi) is 5.41. The molecule has 7 heteroatoms. The molecular formula is C22H23ClN4S2. The van der Waals surface area contributed by atoms with E-state index in [2.05, 4.69) is 46.5 Å². The molecule has 1 saturated heterocycles.